The summed E-state index contributed by atoms with van der Waals surface area (Å²) in [6.45, 7) is 1.99. The Balaban J connectivity index is 1.85. The number of benzene rings is 2. The van der Waals surface area contributed by atoms with E-state index in [-0.39, 0.29) is 0 Å². The maximum absolute atomic E-state index is 9.14. The van der Waals surface area contributed by atoms with Crippen molar-refractivity contribution in [2.24, 2.45) is 5.92 Å². The van der Waals surface area contributed by atoms with Crippen LogP contribution < -0.4 is 4.90 Å². The van der Waals surface area contributed by atoms with Gasteiger partial charge in [0.2, 0.25) is 0 Å². The number of hydrogen-bond acceptors (Lipinski definition) is 2. The molecule has 2 nitrogen and oxygen atoms in total. The largest absolute Gasteiger partial charge is 0.338 e. The molecular weight excluding hydrogens is 292 g/mol. The molecule has 24 heavy (non-hydrogen) atoms. The molecule has 2 aromatic carbocycles. The molecule has 0 amide bonds. The summed E-state index contributed by atoms with van der Waals surface area (Å²) in [6, 6.07) is 23.5. The standard InChI is InChI=1S/C22H20N2/c1-3-18(16-23)17(2)19-14-22(15-19)24(20-10-6-4-7-11-20)21-12-8-5-9-13-21/h1,4-13,19,22H,14-15H2,2H3/b18-17-. The molecule has 0 radical (unpaired) electrons. The van der Waals surface area contributed by atoms with E-state index in [2.05, 4.69) is 65.4 Å². The van der Waals surface area contributed by atoms with Crippen molar-refractivity contribution in [1.82, 2.24) is 0 Å². The van der Waals surface area contributed by atoms with E-state index in [9.17, 15) is 0 Å². The van der Waals surface area contributed by atoms with Crippen molar-refractivity contribution >= 4 is 11.4 Å². The number of hydrogen-bond donors (Lipinski definition) is 0. The number of allylic oxidation sites excluding steroid dienone is 2. The highest BCUT2D eigenvalue weighted by molar-refractivity contribution is 5.64. The van der Waals surface area contributed by atoms with Crippen LogP contribution in [0.4, 0.5) is 11.4 Å². The predicted molar refractivity (Wildman–Crippen MR) is 98.7 cm³/mol. The summed E-state index contributed by atoms with van der Waals surface area (Å²) in [5.74, 6) is 2.91. The van der Waals surface area contributed by atoms with E-state index < -0.39 is 0 Å². The zero-order valence-corrected chi connectivity index (χ0v) is 13.8. The molecule has 0 bridgehead atoms. The van der Waals surface area contributed by atoms with Gasteiger partial charge in [-0.2, -0.15) is 5.26 Å². The van der Waals surface area contributed by atoms with Gasteiger partial charge in [0.05, 0.1) is 0 Å². The first kappa shape index (κ1) is 15.9. The van der Waals surface area contributed by atoms with E-state index in [0.717, 1.165) is 18.4 Å². The number of nitrogens with zero attached hydrogens (tertiary/aromatic N) is 2. The molecule has 118 valence electrons. The molecule has 1 aliphatic carbocycles. The lowest BCUT2D eigenvalue weighted by molar-refractivity contribution is 0.304. The number of nitriles is 1. The van der Waals surface area contributed by atoms with Crippen LogP contribution in [0.25, 0.3) is 0 Å². The van der Waals surface area contributed by atoms with Gasteiger partial charge in [-0.1, -0.05) is 42.3 Å². The fraction of sp³-hybridized carbons (Fsp3) is 0.227. The maximum atomic E-state index is 9.14. The smallest absolute Gasteiger partial charge is 0.108 e. The van der Waals surface area contributed by atoms with Gasteiger partial charge in [-0.05, 0) is 55.5 Å². The van der Waals surface area contributed by atoms with E-state index in [0.29, 0.717) is 17.5 Å². The third kappa shape index (κ3) is 3.05. The lowest BCUT2D eigenvalue weighted by atomic mass is 9.73. The van der Waals surface area contributed by atoms with Crippen LogP contribution in [0.1, 0.15) is 19.8 Å². The predicted octanol–water partition coefficient (Wildman–Crippen LogP) is 5.08. The van der Waals surface area contributed by atoms with Crippen LogP contribution in [0.2, 0.25) is 0 Å². The Bertz CT molecular complexity index is 745. The van der Waals surface area contributed by atoms with Gasteiger partial charge in [0.1, 0.15) is 11.6 Å². The third-order valence-electron chi connectivity index (χ3n) is 4.81. The molecule has 0 N–H and O–H groups in total. The zero-order valence-electron chi connectivity index (χ0n) is 13.8. The highest BCUT2D eigenvalue weighted by atomic mass is 15.2. The number of anilines is 2. The molecule has 1 aliphatic rings. The van der Waals surface area contributed by atoms with Crippen molar-refractivity contribution in [2.75, 3.05) is 4.90 Å². The molecule has 2 heteroatoms. The summed E-state index contributed by atoms with van der Waals surface area (Å²) in [5, 5.41) is 9.14. The Morgan fingerprint density at radius 1 is 1.00 bits per heavy atom. The lowest BCUT2D eigenvalue weighted by Gasteiger charge is -2.44. The SMILES string of the molecule is C#C/C(C#N)=C(\C)C1CC(N(c2ccccc2)c2ccccc2)C1. The monoisotopic (exact) mass is 312 g/mol. The minimum atomic E-state index is 0.399. The van der Waals surface area contributed by atoms with Gasteiger partial charge in [0.25, 0.3) is 0 Å². The Morgan fingerprint density at radius 3 is 1.92 bits per heavy atom. The zero-order chi connectivity index (χ0) is 16.9. The molecule has 1 fully saturated rings. The van der Waals surface area contributed by atoms with E-state index in [1.165, 1.54) is 11.4 Å². The van der Waals surface area contributed by atoms with Gasteiger partial charge in [0.15, 0.2) is 0 Å². The van der Waals surface area contributed by atoms with Crippen LogP contribution in [0.5, 0.6) is 0 Å². The molecule has 3 rings (SSSR count). The normalized spacial score (nSPS) is 20.1. The maximum Gasteiger partial charge on any atom is 0.108 e. The van der Waals surface area contributed by atoms with Gasteiger partial charge in [-0.3, -0.25) is 0 Å². The quantitative estimate of drug-likeness (QED) is 0.581. The molecular formula is C22H20N2. The van der Waals surface area contributed by atoms with Crippen LogP contribution in [-0.4, -0.2) is 6.04 Å². The number of rotatable bonds is 4. The summed E-state index contributed by atoms with van der Waals surface area (Å²) in [7, 11) is 0. The molecule has 0 spiro atoms. The van der Waals surface area contributed by atoms with Crippen molar-refractivity contribution in [3.63, 3.8) is 0 Å². The first-order chi connectivity index (χ1) is 11.7. The van der Waals surface area contributed by atoms with E-state index in [1.54, 1.807) is 0 Å². The molecule has 0 unspecified atom stereocenters. The van der Waals surface area contributed by atoms with Crippen LogP contribution in [0, 0.1) is 29.6 Å². The van der Waals surface area contributed by atoms with E-state index in [4.69, 9.17) is 11.7 Å². The van der Waals surface area contributed by atoms with Gasteiger partial charge < -0.3 is 4.90 Å². The van der Waals surface area contributed by atoms with Crippen LogP contribution in [-0.2, 0) is 0 Å². The minimum absolute atomic E-state index is 0.399. The first-order valence-electron chi connectivity index (χ1n) is 8.21. The fourth-order valence-electron chi connectivity index (χ4n) is 3.34. The Kier molecular flexibility index (Phi) is 4.69. The second kappa shape index (κ2) is 7.07. The van der Waals surface area contributed by atoms with Crippen molar-refractivity contribution < 1.29 is 0 Å². The highest BCUT2D eigenvalue weighted by Gasteiger charge is 2.36. The summed E-state index contributed by atoms with van der Waals surface area (Å²) in [5.41, 5.74) is 3.94. The molecule has 2 aromatic rings. The van der Waals surface area contributed by atoms with Crippen LogP contribution in [0.3, 0.4) is 0 Å². The Morgan fingerprint density at radius 2 is 1.50 bits per heavy atom. The number of para-hydroxylation sites is 2. The molecule has 0 aliphatic heterocycles. The first-order valence-corrected chi connectivity index (χ1v) is 8.21. The van der Waals surface area contributed by atoms with Crippen molar-refractivity contribution in [3.05, 3.63) is 71.8 Å². The highest BCUT2D eigenvalue weighted by Crippen LogP contribution is 2.42. The van der Waals surface area contributed by atoms with Gasteiger partial charge in [-0.15, -0.1) is 6.42 Å². The lowest BCUT2D eigenvalue weighted by Crippen LogP contribution is -2.42. The second-order valence-electron chi connectivity index (χ2n) is 6.18. The van der Waals surface area contributed by atoms with Crippen LogP contribution >= 0.6 is 0 Å². The molecule has 0 atom stereocenters. The van der Waals surface area contributed by atoms with Gasteiger partial charge >= 0.3 is 0 Å². The third-order valence-corrected chi connectivity index (χ3v) is 4.81. The molecule has 1 saturated carbocycles. The Hall–Kier alpha value is -2.97. The number of terminal acetylenes is 1. The van der Waals surface area contributed by atoms with Crippen molar-refractivity contribution in [1.29, 1.82) is 5.26 Å². The summed E-state index contributed by atoms with van der Waals surface area (Å²) in [4.78, 5) is 2.39. The van der Waals surface area contributed by atoms with E-state index >= 15 is 0 Å². The van der Waals surface area contributed by atoms with Gasteiger partial charge in [-0.25, -0.2) is 0 Å². The molecule has 0 saturated heterocycles. The average molecular weight is 312 g/mol. The summed E-state index contributed by atoms with van der Waals surface area (Å²) >= 11 is 0. The Labute approximate surface area is 144 Å². The summed E-state index contributed by atoms with van der Waals surface area (Å²) < 4.78 is 0. The summed E-state index contributed by atoms with van der Waals surface area (Å²) in [6.07, 6.45) is 7.47. The molecule has 0 aromatic heterocycles. The van der Waals surface area contributed by atoms with Crippen LogP contribution in [0.15, 0.2) is 71.8 Å². The average Bonchev–Trinajstić information content (AvgIpc) is 2.60. The van der Waals surface area contributed by atoms with Gasteiger partial charge in [0, 0.05) is 17.4 Å². The second-order valence-corrected chi connectivity index (χ2v) is 6.18. The van der Waals surface area contributed by atoms with E-state index in [1.807, 2.05) is 19.1 Å². The van der Waals surface area contributed by atoms with Crippen molar-refractivity contribution in [2.45, 2.75) is 25.8 Å². The van der Waals surface area contributed by atoms with Crippen molar-refractivity contribution in [3.8, 4) is 18.4 Å². The fourth-order valence-corrected chi connectivity index (χ4v) is 3.34. The minimum Gasteiger partial charge on any atom is -0.338 e. The molecule has 0 heterocycles. The topological polar surface area (TPSA) is 27.0 Å².